The summed E-state index contributed by atoms with van der Waals surface area (Å²) >= 11 is 0. The molecule has 0 radical (unpaired) electrons. The van der Waals surface area contributed by atoms with Crippen LogP contribution in [-0.2, 0) is 10.0 Å². The lowest BCUT2D eigenvalue weighted by molar-refractivity contribution is 0.227. The molecule has 2 heterocycles. The second-order valence-corrected chi connectivity index (χ2v) is 6.30. The van der Waals surface area contributed by atoms with E-state index in [1.807, 2.05) is 0 Å². The van der Waals surface area contributed by atoms with Gasteiger partial charge in [0.2, 0.25) is 0 Å². The third-order valence-corrected chi connectivity index (χ3v) is 4.54. The summed E-state index contributed by atoms with van der Waals surface area (Å²) in [6, 6.07) is 0. The van der Waals surface area contributed by atoms with E-state index >= 15 is 0 Å². The van der Waals surface area contributed by atoms with Gasteiger partial charge in [-0.3, -0.25) is 0 Å². The van der Waals surface area contributed by atoms with E-state index in [1.54, 1.807) is 0 Å². The summed E-state index contributed by atoms with van der Waals surface area (Å²) in [7, 11) is -3.41. The summed E-state index contributed by atoms with van der Waals surface area (Å²) < 4.78 is 26.1. The molecule has 0 aliphatic carbocycles. The predicted octanol–water partition coefficient (Wildman–Crippen LogP) is 0.564. The van der Waals surface area contributed by atoms with Crippen molar-refractivity contribution in [3.05, 3.63) is 12.5 Å². The lowest BCUT2D eigenvalue weighted by atomic mass is 10.1. The highest BCUT2D eigenvalue weighted by Gasteiger charge is 2.15. The molecule has 2 N–H and O–H groups in total. The molecule has 102 valence electrons. The van der Waals surface area contributed by atoms with E-state index < -0.39 is 10.0 Å². The van der Waals surface area contributed by atoms with Gasteiger partial charge in [0.1, 0.15) is 0 Å². The molecule has 0 amide bonds. The molecule has 1 aromatic heterocycles. The van der Waals surface area contributed by atoms with Crippen LogP contribution in [0.25, 0.3) is 0 Å². The predicted molar refractivity (Wildman–Crippen MR) is 68.7 cm³/mol. The van der Waals surface area contributed by atoms with Gasteiger partial charge in [0.25, 0.3) is 10.0 Å². The Kier molecular flexibility index (Phi) is 4.73. The molecule has 1 saturated heterocycles. The number of H-pyrrole nitrogens is 1. The number of rotatable bonds is 6. The molecule has 6 nitrogen and oxygen atoms in total. The van der Waals surface area contributed by atoms with Crippen molar-refractivity contribution in [3.63, 3.8) is 0 Å². The van der Waals surface area contributed by atoms with Gasteiger partial charge < -0.3 is 9.88 Å². The van der Waals surface area contributed by atoms with Crippen molar-refractivity contribution in [2.45, 2.75) is 30.7 Å². The summed E-state index contributed by atoms with van der Waals surface area (Å²) in [6.45, 7) is 3.73. The molecule has 0 saturated carbocycles. The van der Waals surface area contributed by atoms with Crippen LogP contribution in [0.5, 0.6) is 0 Å². The Morgan fingerprint density at radius 3 is 2.78 bits per heavy atom. The highest BCUT2D eigenvalue weighted by Crippen LogP contribution is 2.08. The molecule has 1 aliphatic rings. The molecular formula is C11H20N4O2S. The number of aromatic amines is 1. The fourth-order valence-corrected chi connectivity index (χ4v) is 3.14. The van der Waals surface area contributed by atoms with Crippen LogP contribution in [0.2, 0.25) is 0 Å². The van der Waals surface area contributed by atoms with Gasteiger partial charge in [-0.2, -0.15) is 0 Å². The van der Waals surface area contributed by atoms with Gasteiger partial charge in [0.15, 0.2) is 5.03 Å². The van der Waals surface area contributed by atoms with Crippen LogP contribution in [0.1, 0.15) is 25.7 Å². The Balaban J connectivity index is 1.69. The monoisotopic (exact) mass is 272 g/mol. The molecule has 1 fully saturated rings. The molecule has 0 spiro atoms. The zero-order chi connectivity index (χ0) is 12.8. The summed E-state index contributed by atoms with van der Waals surface area (Å²) in [5.74, 6) is 0. The van der Waals surface area contributed by atoms with E-state index in [4.69, 9.17) is 0 Å². The van der Waals surface area contributed by atoms with Crippen molar-refractivity contribution in [2.24, 2.45) is 0 Å². The third kappa shape index (κ3) is 3.79. The van der Waals surface area contributed by atoms with Crippen LogP contribution in [0.4, 0.5) is 0 Å². The lowest BCUT2D eigenvalue weighted by Gasteiger charge is -2.26. The minimum absolute atomic E-state index is 0.125. The molecule has 1 aliphatic heterocycles. The number of likely N-dealkylation sites (tertiary alicyclic amines) is 1. The number of imidazole rings is 1. The maximum atomic E-state index is 11.7. The summed E-state index contributed by atoms with van der Waals surface area (Å²) in [5, 5.41) is 0.125. The van der Waals surface area contributed by atoms with E-state index in [0.29, 0.717) is 6.54 Å². The summed E-state index contributed by atoms with van der Waals surface area (Å²) in [4.78, 5) is 8.70. The standard InChI is InChI=1S/C11H20N4O2S/c16-18(17,11-9-12-10-13-11)14-5-4-8-15-6-2-1-3-7-15/h9-10,14H,1-8H2,(H,12,13). The van der Waals surface area contributed by atoms with Gasteiger partial charge in [-0.25, -0.2) is 18.1 Å². The molecule has 0 unspecified atom stereocenters. The molecule has 7 heteroatoms. The second kappa shape index (κ2) is 6.31. The molecule has 0 atom stereocenters. The molecule has 2 rings (SSSR count). The van der Waals surface area contributed by atoms with Gasteiger partial charge in [-0.1, -0.05) is 6.42 Å². The average Bonchev–Trinajstić information content (AvgIpc) is 2.91. The van der Waals surface area contributed by atoms with Crippen LogP contribution < -0.4 is 4.72 Å². The quantitative estimate of drug-likeness (QED) is 0.742. The maximum Gasteiger partial charge on any atom is 0.257 e. The van der Waals surface area contributed by atoms with Crippen LogP contribution in [0, 0.1) is 0 Å². The zero-order valence-corrected chi connectivity index (χ0v) is 11.2. The second-order valence-electron chi connectivity index (χ2n) is 4.57. The topological polar surface area (TPSA) is 78.1 Å². The van der Waals surface area contributed by atoms with Crippen molar-refractivity contribution < 1.29 is 8.42 Å². The van der Waals surface area contributed by atoms with E-state index in [0.717, 1.165) is 26.1 Å². The minimum atomic E-state index is -3.41. The molecule has 0 bridgehead atoms. The lowest BCUT2D eigenvalue weighted by Crippen LogP contribution is -2.33. The first-order chi connectivity index (χ1) is 8.68. The van der Waals surface area contributed by atoms with Gasteiger partial charge in [-0.15, -0.1) is 0 Å². The first-order valence-electron chi connectivity index (χ1n) is 6.39. The Labute approximate surface area is 108 Å². The van der Waals surface area contributed by atoms with E-state index in [1.165, 1.54) is 31.8 Å². The number of sulfonamides is 1. The van der Waals surface area contributed by atoms with Gasteiger partial charge >= 0.3 is 0 Å². The SMILES string of the molecule is O=S(=O)(NCCCN1CCCCC1)c1cnc[nH]1. The smallest absolute Gasteiger partial charge is 0.257 e. The highest BCUT2D eigenvalue weighted by atomic mass is 32.2. The van der Waals surface area contributed by atoms with Crippen LogP contribution in [-0.4, -0.2) is 49.5 Å². The van der Waals surface area contributed by atoms with Gasteiger partial charge in [0, 0.05) is 6.54 Å². The Bertz CT molecular complexity index is 438. The Morgan fingerprint density at radius 1 is 1.33 bits per heavy atom. The van der Waals surface area contributed by atoms with E-state index in [-0.39, 0.29) is 5.03 Å². The Hall–Kier alpha value is -0.920. The van der Waals surface area contributed by atoms with E-state index in [2.05, 4.69) is 19.6 Å². The fraction of sp³-hybridized carbons (Fsp3) is 0.727. The number of piperidine rings is 1. The molecule has 18 heavy (non-hydrogen) atoms. The first kappa shape index (κ1) is 13.5. The van der Waals surface area contributed by atoms with E-state index in [9.17, 15) is 8.42 Å². The number of hydrogen-bond acceptors (Lipinski definition) is 4. The summed E-state index contributed by atoms with van der Waals surface area (Å²) in [5.41, 5.74) is 0. The van der Waals surface area contributed by atoms with Crippen molar-refractivity contribution in [2.75, 3.05) is 26.2 Å². The maximum absolute atomic E-state index is 11.7. The van der Waals surface area contributed by atoms with Crippen molar-refractivity contribution in [1.29, 1.82) is 0 Å². The number of nitrogens with zero attached hydrogens (tertiary/aromatic N) is 2. The highest BCUT2D eigenvalue weighted by molar-refractivity contribution is 7.89. The molecular weight excluding hydrogens is 252 g/mol. The normalized spacial score (nSPS) is 18.0. The van der Waals surface area contributed by atoms with Gasteiger partial charge in [0.05, 0.1) is 12.5 Å². The molecule has 0 aromatic carbocycles. The number of nitrogens with one attached hydrogen (secondary N) is 2. The van der Waals surface area contributed by atoms with Crippen LogP contribution in [0.15, 0.2) is 17.6 Å². The van der Waals surface area contributed by atoms with Crippen molar-refractivity contribution in [1.82, 2.24) is 19.6 Å². The van der Waals surface area contributed by atoms with Crippen LogP contribution in [0.3, 0.4) is 0 Å². The Morgan fingerprint density at radius 2 is 2.11 bits per heavy atom. The van der Waals surface area contributed by atoms with Crippen molar-refractivity contribution in [3.8, 4) is 0 Å². The molecule has 1 aromatic rings. The minimum Gasteiger partial charge on any atom is -0.335 e. The number of aromatic nitrogens is 2. The summed E-state index contributed by atoms with van der Waals surface area (Å²) in [6.07, 6.45) is 7.37. The third-order valence-electron chi connectivity index (χ3n) is 3.15. The largest absolute Gasteiger partial charge is 0.335 e. The fourth-order valence-electron chi connectivity index (χ4n) is 2.16. The number of hydrogen-bond donors (Lipinski definition) is 2. The van der Waals surface area contributed by atoms with Crippen LogP contribution >= 0.6 is 0 Å². The first-order valence-corrected chi connectivity index (χ1v) is 7.87. The average molecular weight is 272 g/mol. The zero-order valence-electron chi connectivity index (χ0n) is 10.4. The van der Waals surface area contributed by atoms with Gasteiger partial charge in [-0.05, 0) is 38.9 Å². The van der Waals surface area contributed by atoms with Crippen molar-refractivity contribution >= 4 is 10.0 Å².